The van der Waals surface area contributed by atoms with Crippen molar-refractivity contribution in [3.63, 3.8) is 0 Å². The molecule has 21 heavy (non-hydrogen) atoms. The first-order chi connectivity index (χ1) is 9.99. The summed E-state index contributed by atoms with van der Waals surface area (Å²) in [7, 11) is 1.62. The number of nitrogens with zero attached hydrogens (tertiary/aromatic N) is 1. The van der Waals surface area contributed by atoms with E-state index in [9.17, 15) is 9.59 Å². The first-order valence-corrected chi connectivity index (χ1v) is 7.20. The summed E-state index contributed by atoms with van der Waals surface area (Å²) in [4.78, 5) is 25.8. The van der Waals surface area contributed by atoms with E-state index in [1.165, 1.54) is 0 Å². The van der Waals surface area contributed by atoms with E-state index < -0.39 is 6.04 Å². The molecule has 1 aliphatic rings. The second-order valence-electron chi connectivity index (χ2n) is 5.79. The number of methoxy groups -OCH3 is 1. The number of rotatable bonds is 5. The summed E-state index contributed by atoms with van der Waals surface area (Å²) in [6.07, 6.45) is 0.670. The summed E-state index contributed by atoms with van der Waals surface area (Å²) in [5.41, 5.74) is 0.988. The van der Waals surface area contributed by atoms with Gasteiger partial charge in [0.15, 0.2) is 0 Å². The second-order valence-corrected chi connectivity index (χ2v) is 5.79. The van der Waals surface area contributed by atoms with Crippen molar-refractivity contribution in [2.75, 3.05) is 13.7 Å². The maximum absolute atomic E-state index is 12.4. The smallest absolute Gasteiger partial charge is 0.245 e. The Morgan fingerprint density at radius 2 is 1.95 bits per heavy atom. The van der Waals surface area contributed by atoms with Crippen LogP contribution in [0.15, 0.2) is 24.3 Å². The number of ether oxygens (including phenoxy) is 1. The highest BCUT2D eigenvalue weighted by Crippen LogP contribution is 2.16. The van der Waals surface area contributed by atoms with Gasteiger partial charge in [0.2, 0.25) is 11.8 Å². The Morgan fingerprint density at radius 3 is 2.52 bits per heavy atom. The Bertz CT molecular complexity index is 511. The fourth-order valence-corrected chi connectivity index (χ4v) is 2.49. The predicted molar refractivity (Wildman–Crippen MR) is 79.8 cm³/mol. The lowest BCUT2D eigenvalue weighted by Gasteiger charge is -2.33. The third-order valence-corrected chi connectivity index (χ3v) is 3.52. The van der Waals surface area contributed by atoms with E-state index in [4.69, 9.17) is 4.74 Å². The van der Waals surface area contributed by atoms with Crippen molar-refractivity contribution in [2.45, 2.75) is 32.9 Å². The standard InChI is InChI=1S/C16H22N2O3/c1-11(2)8-14-16(20)18(10-15(19)17-14)9-12-4-6-13(21-3)7-5-12/h4-7,11,14H,8-10H2,1-3H3,(H,17,19). The molecule has 1 aromatic rings. The maximum atomic E-state index is 12.4. The van der Waals surface area contributed by atoms with Crippen molar-refractivity contribution in [1.29, 1.82) is 0 Å². The topological polar surface area (TPSA) is 58.6 Å². The molecule has 0 aliphatic carbocycles. The van der Waals surface area contributed by atoms with E-state index in [-0.39, 0.29) is 18.4 Å². The third-order valence-electron chi connectivity index (χ3n) is 3.52. The molecule has 0 bridgehead atoms. The number of nitrogens with one attached hydrogen (secondary N) is 1. The van der Waals surface area contributed by atoms with Gasteiger partial charge in [-0.3, -0.25) is 9.59 Å². The van der Waals surface area contributed by atoms with Gasteiger partial charge in [-0.05, 0) is 30.0 Å². The monoisotopic (exact) mass is 290 g/mol. The Kier molecular flexibility index (Phi) is 4.83. The van der Waals surface area contributed by atoms with Crippen molar-refractivity contribution in [1.82, 2.24) is 10.2 Å². The Balaban J connectivity index is 2.06. The number of amides is 2. The van der Waals surface area contributed by atoms with Crippen molar-refractivity contribution >= 4 is 11.8 Å². The molecule has 1 aromatic carbocycles. The summed E-state index contributed by atoms with van der Waals surface area (Å²) in [6.45, 7) is 4.66. The molecule has 0 aromatic heterocycles. The molecule has 114 valence electrons. The summed E-state index contributed by atoms with van der Waals surface area (Å²) in [6, 6.07) is 7.14. The molecule has 1 fully saturated rings. The van der Waals surface area contributed by atoms with E-state index in [0.29, 0.717) is 18.9 Å². The number of hydrogen-bond acceptors (Lipinski definition) is 3. The molecule has 0 saturated carbocycles. The molecule has 0 radical (unpaired) electrons. The zero-order valence-corrected chi connectivity index (χ0v) is 12.8. The average Bonchev–Trinajstić information content (AvgIpc) is 2.44. The minimum atomic E-state index is -0.399. The largest absolute Gasteiger partial charge is 0.497 e. The summed E-state index contributed by atoms with van der Waals surface area (Å²) in [5.74, 6) is 1.05. The molecule has 1 N–H and O–H groups in total. The van der Waals surface area contributed by atoms with Gasteiger partial charge in [0, 0.05) is 6.54 Å². The van der Waals surface area contributed by atoms with Gasteiger partial charge in [-0.25, -0.2) is 0 Å². The Hall–Kier alpha value is -2.04. The summed E-state index contributed by atoms with van der Waals surface area (Å²) >= 11 is 0. The van der Waals surface area contributed by atoms with Crippen LogP contribution < -0.4 is 10.1 Å². The highest BCUT2D eigenvalue weighted by Gasteiger charge is 2.32. The molecule has 5 heteroatoms. The average molecular weight is 290 g/mol. The van der Waals surface area contributed by atoms with Crippen LogP contribution in [0.2, 0.25) is 0 Å². The van der Waals surface area contributed by atoms with Gasteiger partial charge < -0.3 is 15.0 Å². The molecule has 0 spiro atoms. The van der Waals surface area contributed by atoms with E-state index in [1.807, 2.05) is 38.1 Å². The SMILES string of the molecule is COc1ccc(CN2CC(=O)NC(CC(C)C)C2=O)cc1. The van der Waals surface area contributed by atoms with Crippen LogP contribution in [0.5, 0.6) is 5.75 Å². The molecule has 1 saturated heterocycles. The predicted octanol–water partition coefficient (Wildman–Crippen LogP) is 1.57. The molecule has 5 nitrogen and oxygen atoms in total. The first-order valence-electron chi connectivity index (χ1n) is 7.20. The Labute approximate surface area is 125 Å². The van der Waals surface area contributed by atoms with E-state index in [0.717, 1.165) is 11.3 Å². The van der Waals surface area contributed by atoms with Crippen LogP contribution in [0.1, 0.15) is 25.8 Å². The fourth-order valence-electron chi connectivity index (χ4n) is 2.49. The minimum absolute atomic E-state index is 0.000817. The van der Waals surface area contributed by atoms with Crippen LogP contribution in [0.25, 0.3) is 0 Å². The van der Waals surface area contributed by atoms with Gasteiger partial charge in [-0.15, -0.1) is 0 Å². The number of benzene rings is 1. The molecular weight excluding hydrogens is 268 g/mol. The first kappa shape index (κ1) is 15.4. The van der Waals surface area contributed by atoms with Crippen LogP contribution in [0.4, 0.5) is 0 Å². The molecule has 2 rings (SSSR count). The number of carbonyl (C=O) groups is 2. The molecule has 2 amide bonds. The van der Waals surface area contributed by atoms with Crippen LogP contribution in [-0.4, -0.2) is 36.4 Å². The lowest BCUT2D eigenvalue weighted by atomic mass is 10.0. The van der Waals surface area contributed by atoms with Gasteiger partial charge in [0.1, 0.15) is 11.8 Å². The van der Waals surface area contributed by atoms with Gasteiger partial charge in [-0.2, -0.15) is 0 Å². The highest BCUT2D eigenvalue weighted by atomic mass is 16.5. The van der Waals surface area contributed by atoms with E-state index >= 15 is 0 Å². The van der Waals surface area contributed by atoms with Crippen LogP contribution in [0.3, 0.4) is 0 Å². The van der Waals surface area contributed by atoms with Crippen LogP contribution in [0, 0.1) is 5.92 Å². The normalized spacial score (nSPS) is 18.9. The van der Waals surface area contributed by atoms with Crippen molar-refractivity contribution in [2.24, 2.45) is 5.92 Å². The fraction of sp³-hybridized carbons (Fsp3) is 0.500. The van der Waals surface area contributed by atoms with E-state index in [1.54, 1.807) is 12.0 Å². The van der Waals surface area contributed by atoms with Crippen LogP contribution >= 0.6 is 0 Å². The zero-order chi connectivity index (χ0) is 15.4. The van der Waals surface area contributed by atoms with Crippen molar-refractivity contribution in [3.05, 3.63) is 29.8 Å². The number of carbonyl (C=O) groups excluding carboxylic acids is 2. The molecule has 1 aliphatic heterocycles. The van der Waals surface area contributed by atoms with Crippen molar-refractivity contribution < 1.29 is 14.3 Å². The van der Waals surface area contributed by atoms with Crippen LogP contribution in [-0.2, 0) is 16.1 Å². The lowest BCUT2D eigenvalue weighted by Crippen LogP contribution is -2.57. The Morgan fingerprint density at radius 1 is 1.29 bits per heavy atom. The quantitative estimate of drug-likeness (QED) is 0.895. The summed E-state index contributed by atoms with van der Waals surface area (Å²) < 4.78 is 5.11. The van der Waals surface area contributed by atoms with Crippen molar-refractivity contribution in [3.8, 4) is 5.75 Å². The van der Waals surface area contributed by atoms with Gasteiger partial charge in [-0.1, -0.05) is 26.0 Å². The zero-order valence-electron chi connectivity index (χ0n) is 12.8. The van der Waals surface area contributed by atoms with E-state index in [2.05, 4.69) is 5.32 Å². The maximum Gasteiger partial charge on any atom is 0.245 e. The summed E-state index contributed by atoms with van der Waals surface area (Å²) in [5, 5.41) is 2.78. The van der Waals surface area contributed by atoms with Gasteiger partial charge in [0.05, 0.1) is 13.7 Å². The number of hydrogen-bond donors (Lipinski definition) is 1. The molecular formula is C16H22N2O3. The van der Waals surface area contributed by atoms with Gasteiger partial charge in [0.25, 0.3) is 0 Å². The molecule has 1 atom stereocenters. The number of piperazine rings is 1. The molecule has 1 heterocycles. The third kappa shape index (κ3) is 3.97. The van der Waals surface area contributed by atoms with Gasteiger partial charge >= 0.3 is 0 Å². The highest BCUT2D eigenvalue weighted by molar-refractivity contribution is 5.94. The molecule has 1 unspecified atom stereocenters. The second kappa shape index (κ2) is 6.61. The lowest BCUT2D eigenvalue weighted by molar-refractivity contribution is -0.145. The minimum Gasteiger partial charge on any atom is -0.497 e.